The Hall–Kier alpha value is -2.14. The third-order valence-electron chi connectivity index (χ3n) is 3.39. The minimum Gasteiger partial charge on any atom is -0.325 e. The highest BCUT2D eigenvalue weighted by molar-refractivity contribution is 8.01. The van der Waals surface area contributed by atoms with Gasteiger partial charge in [0.1, 0.15) is 0 Å². The van der Waals surface area contributed by atoms with E-state index in [1.54, 1.807) is 0 Å². The van der Waals surface area contributed by atoms with Crippen LogP contribution in [0.15, 0.2) is 28.6 Å². The molecule has 0 aliphatic heterocycles. The molecular formula is C15H13F3N4O2S2. The second-order valence-electron chi connectivity index (χ2n) is 5.55. The molecular weight excluding hydrogens is 389 g/mol. The summed E-state index contributed by atoms with van der Waals surface area (Å²) in [4.78, 5) is 23.5. The lowest BCUT2D eigenvalue weighted by molar-refractivity contribution is -0.137. The van der Waals surface area contributed by atoms with Gasteiger partial charge in [0.2, 0.25) is 16.9 Å². The van der Waals surface area contributed by atoms with Crippen LogP contribution >= 0.6 is 23.1 Å². The molecule has 138 valence electrons. The Kier molecular flexibility index (Phi) is 5.47. The van der Waals surface area contributed by atoms with E-state index in [-0.39, 0.29) is 23.3 Å². The summed E-state index contributed by atoms with van der Waals surface area (Å²) in [6, 6.07) is 4.42. The third-order valence-corrected chi connectivity index (χ3v) is 5.36. The van der Waals surface area contributed by atoms with E-state index in [1.807, 2.05) is 0 Å². The van der Waals surface area contributed by atoms with Gasteiger partial charge in [0, 0.05) is 11.6 Å². The van der Waals surface area contributed by atoms with E-state index in [9.17, 15) is 22.8 Å². The van der Waals surface area contributed by atoms with Gasteiger partial charge in [0.15, 0.2) is 4.34 Å². The molecule has 0 unspecified atom stereocenters. The number of rotatable bonds is 6. The fraction of sp³-hybridized carbons (Fsp3) is 0.333. The maximum Gasteiger partial charge on any atom is 0.416 e. The molecule has 2 aromatic rings. The molecule has 2 N–H and O–H groups in total. The van der Waals surface area contributed by atoms with Crippen molar-refractivity contribution in [2.45, 2.75) is 23.4 Å². The van der Waals surface area contributed by atoms with Gasteiger partial charge in [-0.25, -0.2) is 0 Å². The first-order valence-electron chi connectivity index (χ1n) is 7.55. The molecule has 2 amide bonds. The van der Waals surface area contributed by atoms with Crippen LogP contribution in [-0.2, 0) is 15.8 Å². The van der Waals surface area contributed by atoms with Crippen LogP contribution in [0.1, 0.15) is 18.4 Å². The number of nitrogens with zero attached hydrogens (tertiary/aromatic N) is 2. The average Bonchev–Trinajstić information content (AvgIpc) is 3.34. The molecule has 1 fully saturated rings. The molecule has 0 saturated heterocycles. The van der Waals surface area contributed by atoms with Crippen molar-refractivity contribution in [1.82, 2.24) is 10.2 Å². The Morgan fingerprint density at radius 3 is 2.69 bits per heavy atom. The summed E-state index contributed by atoms with van der Waals surface area (Å²) in [7, 11) is 0. The zero-order valence-corrected chi connectivity index (χ0v) is 14.8. The molecule has 1 aliphatic rings. The predicted molar refractivity (Wildman–Crippen MR) is 92.1 cm³/mol. The predicted octanol–water partition coefficient (Wildman–Crippen LogP) is 3.64. The minimum absolute atomic E-state index is 0.0402. The van der Waals surface area contributed by atoms with Crippen LogP contribution in [0.3, 0.4) is 0 Å². The van der Waals surface area contributed by atoms with Gasteiger partial charge in [0.05, 0.1) is 11.3 Å². The molecule has 0 bridgehead atoms. The summed E-state index contributed by atoms with van der Waals surface area (Å²) >= 11 is 2.23. The van der Waals surface area contributed by atoms with E-state index in [2.05, 4.69) is 20.8 Å². The van der Waals surface area contributed by atoms with Gasteiger partial charge in [0.25, 0.3) is 0 Å². The third kappa shape index (κ3) is 5.18. The van der Waals surface area contributed by atoms with Crippen LogP contribution in [0.4, 0.5) is 24.0 Å². The topological polar surface area (TPSA) is 84.0 Å². The Morgan fingerprint density at radius 1 is 1.23 bits per heavy atom. The minimum atomic E-state index is -4.47. The average molecular weight is 402 g/mol. The van der Waals surface area contributed by atoms with E-state index in [1.165, 1.54) is 12.1 Å². The number of anilines is 2. The van der Waals surface area contributed by atoms with Crippen molar-refractivity contribution < 1.29 is 22.8 Å². The quantitative estimate of drug-likeness (QED) is 0.569. The lowest BCUT2D eigenvalue weighted by Crippen LogP contribution is -2.15. The highest BCUT2D eigenvalue weighted by atomic mass is 32.2. The maximum atomic E-state index is 12.7. The van der Waals surface area contributed by atoms with Gasteiger partial charge in [-0.2, -0.15) is 13.2 Å². The molecule has 0 atom stereocenters. The number of hydrogen-bond acceptors (Lipinski definition) is 6. The standard InChI is InChI=1S/C15H13F3N4O2S2/c16-15(17,18)9-2-1-3-10(6-9)19-11(23)7-25-14-22-21-13(26-14)20-12(24)8-4-5-8/h1-3,6,8H,4-5,7H2,(H,19,23)(H,20,21,24). The number of carbonyl (C=O) groups excluding carboxylic acids is 2. The highest BCUT2D eigenvalue weighted by Gasteiger charge is 2.31. The van der Waals surface area contributed by atoms with E-state index >= 15 is 0 Å². The van der Waals surface area contributed by atoms with E-state index in [4.69, 9.17) is 0 Å². The van der Waals surface area contributed by atoms with E-state index in [0.717, 1.165) is 48.1 Å². The van der Waals surface area contributed by atoms with Gasteiger partial charge in [-0.3, -0.25) is 9.59 Å². The van der Waals surface area contributed by atoms with Crippen LogP contribution in [0, 0.1) is 5.92 Å². The van der Waals surface area contributed by atoms with E-state index < -0.39 is 17.6 Å². The van der Waals surface area contributed by atoms with Crippen LogP contribution in [-0.4, -0.2) is 27.8 Å². The first-order chi connectivity index (χ1) is 12.3. The molecule has 1 saturated carbocycles. The lowest BCUT2D eigenvalue weighted by atomic mass is 10.2. The van der Waals surface area contributed by atoms with Crippen molar-refractivity contribution in [1.29, 1.82) is 0 Å². The van der Waals surface area contributed by atoms with Crippen molar-refractivity contribution in [2.75, 3.05) is 16.4 Å². The fourth-order valence-corrected chi connectivity index (χ4v) is 3.52. The van der Waals surface area contributed by atoms with E-state index in [0.29, 0.717) is 9.47 Å². The Bertz CT molecular complexity index is 821. The first kappa shape index (κ1) is 18.6. The molecule has 1 aromatic heterocycles. The van der Waals surface area contributed by atoms with Gasteiger partial charge >= 0.3 is 6.18 Å². The molecule has 0 spiro atoms. The lowest BCUT2D eigenvalue weighted by Gasteiger charge is -2.09. The van der Waals surface area contributed by atoms with Gasteiger partial charge in [-0.15, -0.1) is 10.2 Å². The summed E-state index contributed by atoms with van der Waals surface area (Å²) in [6.45, 7) is 0. The molecule has 1 aliphatic carbocycles. The molecule has 6 nitrogen and oxygen atoms in total. The SMILES string of the molecule is O=C(CSc1nnc(NC(=O)C2CC2)s1)Nc1cccc(C(F)(F)F)c1. The second-order valence-corrected chi connectivity index (χ2v) is 7.75. The summed E-state index contributed by atoms with van der Waals surface area (Å²) in [5.74, 6) is -0.539. The normalized spacial score (nSPS) is 14.1. The Morgan fingerprint density at radius 2 is 2.00 bits per heavy atom. The van der Waals surface area contributed by atoms with Crippen molar-refractivity contribution >= 4 is 45.7 Å². The highest BCUT2D eigenvalue weighted by Crippen LogP contribution is 2.32. The summed E-state index contributed by atoms with van der Waals surface area (Å²) < 4.78 is 38.5. The monoisotopic (exact) mass is 402 g/mol. The summed E-state index contributed by atoms with van der Waals surface area (Å²) in [6.07, 6.45) is -2.72. The zero-order valence-electron chi connectivity index (χ0n) is 13.2. The van der Waals surface area contributed by atoms with Crippen LogP contribution in [0.5, 0.6) is 0 Å². The maximum absolute atomic E-state index is 12.7. The first-order valence-corrected chi connectivity index (χ1v) is 9.36. The number of amides is 2. The number of benzene rings is 1. The molecule has 1 heterocycles. The smallest absolute Gasteiger partial charge is 0.325 e. The molecule has 1 aromatic carbocycles. The van der Waals surface area contributed by atoms with Gasteiger partial charge in [-0.1, -0.05) is 29.2 Å². The van der Waals surface area contributed by atoms with Gasteiger partial charge in [-0.05, 0) is 31.0 Å². The Labute approximate surface area is 154 Å². The van der Waals surface area contributed by atoms with Crippen LogP contribution in [0.2, 0.25) is 0 Å². The second kappa shape index (κ2) is 7.62. The summed E-state index contributed by atoms with van der Waals surface area (Å²) in [5, 5.41) is 13.1. The molecule has 3 rings (SSSR count). The van der Waals surface area contributed by atoms with Crippen molar-refractivity contribution in [3.63, 3.8) is 0 Å². The number of hydrogen-bond donors (Lipinski definition) is 2. The number of aromatic nitrogens is 2. The number of thioether (sulfide) groups is 1. The number of nitrogens with one attached hydrogen (secondary N) is 2. The number of halogens is 3. The fourth-order valence-electron chi connectivity index (χ4n) is 1.97. The van der Waals surface area contributed by atoms with Crippen molar-refractivity contribution in [2.24, 2.45) is 5.92 Å². The Balaban J connectivity index is 1.50. The number of carbonyl (C=O) groups is 2. The van der Waals surface area contributed by atoms with Crippen molar-refractivity contribution in [3.8, 4) is 0 Å². The van der Waals surface area contributed by atoms with Crippen LogP contribution in [0.25, 0.3) is 0 Å². The van der Waals surface area contributed by atoms with Crippen molar-refractivity contribution in [3.05, 3.63) is 29.8 Å². The molecule has 11 heteroatoms. The summed E-state index contributed by atoms with van der Waals surface area (Å²) in [5.41, 5.74) is -0.761. The zero-order chi connectivity index (χ0) is 18.7. The molecule has 26 heavy (non-hydrogen) atoms. The van der Waals surface area contributed by atoms with Crippen LogP contribution < -0.4 is 10.6 Å². The van der Waals surface area contributed by atoms with Gasteiger partial charge < -0.3 is 10.6 Å². The largest absolute Gasteiger partial charge is 0.416 e. The number of alkyl halides is 3. The molecule has 0 radical (unpaired) electrons.